The number of aliphatic hydroxyl groups excluding tert-OH is 1. The average molecular weight is 172 g/mol. The van der Waals surface area contributed by atoms with E-state index in [1.165, 1.54) is 12.8 Å². The van der Waals surface area contributed by atoms with E-state index in [1.54, 1.807) is 0 Å². The molecule has 0 bridgehead atoms. The Morgan fingerprint density at radius 2 is 2.42 bits per heavy atom. The lowest BCUT2D eigenvalue weighted by Crippen LogP contribution is -2.34. The molecule has 70 valence electrons. The second-order valence-electron chi connectivity index (χ2n) is 3.84. The summed E-state index contributed by atoms with van der Waals surface area (Å²) in [7, 11) is 0. The number of aliphatic hydroxyl groups is 1. The van der Waals surface area contributed by atoms with Gasteiger partial charge in [0.2, 0.25) is 0 Å². The van der Waals surface area contributed by atoms with E-state index >= 15 is 0 Å². The van der Waals surface area contributed by atoms with Crippen molar-refractivity contribution < 1.29 is 14.6 Å². The Bertz CT molecular complexity index is 171. The third-order valence-corrected chi connectivity index (χ3v) is 3.00. The van der Waals surface area contributed by atoms with Crippen molar-refractivity contribution in [3.8, 4) is 0 Å². The fourth-order valence-corrected chi connectivity index (χ4v) is 2.18. The first kappa shape index (κ1) is 8.48. The summed E-state index contributed by atoms with van der Waals surface area (Å²) >= 11 is 0. The summed E-state index contributed by atoms with van der Waals surface area (Å²) in [5.41, 5.74) is 0. The van der Waals surface area contributed by atoms with Crippen molar-refractivity contribution in [3.05, 3.63) is 0 Å². The van der Waals surface area contributed by atoms with E-state index < -0.39 is 0 Å². The van der Waals surface area contributed by atoms with E-state index in [0.717, 1.165) is 6.42 Å². The predicted molar refractivity (Wildman–Crippen MR) is 43.7 cm³/mol. The van der Waals surface area contributed by atoms with E-state index in [0.29, 0.717) is 12.5 Å². The maximum absolute atomic E-state index is 8.89. The first-order valence-corrected chi connectivity index (χ1v) is 4.69. The van der Waals surface area contributed by atoms with Gasteiger partial charge < -0.3 is 14.6 Å². The highest BCUT2D eigenvalue weighted by Crippen LogP contribution is 2.43. The standard InChI is InChI=1S/C9H16O3/c1-7-3-2-4-9(7)11-6-8(5-10)12-9/h7-8,10H,2-6H2,1H3. The Morgan fingerprint density at radius 1 is 1.58 bits per heavy atom. The normalized spacial score (nSPS) is 47.5. The third kappa shape index (κ3) is 1.16. The van der Waals surface area contributed by atoms with Gasteiger partial charge >= 0.3 is 0 Å². The predicted octanol–water partition coefficient (Wildman–Crippen LogP) is 0.910. The fourth-order valence-electron chi connectivity index (χ4n) is 2.18. The lowest BCUT2D eigenvalue weighted by Gasteiger charge is -2.27. The van der Waals surface area contributed by atoms with Gasteiger partial charge in [0.25, 0.3) is 0 Å². The molecule has 2 rings (SSSR count). The third-order valence-electron chi connectivity index (χ3n) is 3.00. The van der Waals surface area contributed by atoms with Crippen molar-refractivity contribution in [2.45, 2.75) is 38.1 Å². The summed E-state index contributed by atoms with van der Waals surface area (Å²) in [4.78, 5) is 0. The molecule has 1 saturated heterocycles. The number of hydrogen-bond donors (Lipinski definition) is 1. The molecule has 1 aliphatic heterocycles. The molecule has 1 aliphatic carbocycles. The van der Waals surface area contributed by atoms with Gasteiger partial charge in [-0.1, -0.05) is 6.92 Å². The summed E-state index contributed by atoms with van der Waals surface area (Å²) in [6, 6.07) is 0. The van der Waals surface area contributed by atoms with Crippen LogP contribution in [0.15, 0.2) is 0 Å². The van der Waals surface area contributed by atoms with E-state index in [2.05, 4.69) is 6.92 Å². The molecule has 1 N–H and O–H groups in total. The van der Waals surface area contributed by atoms with Crippen LogP contribution >= 0.6 is 0 Å². The first-order valence-electron chi connectivity index (χ1n) is 4.69. The zero-order valence-electron chi connectivity index (χ0n) is 7.45. The monoisotopic (exact) mass is 172 g/mol. The molecule has 2 aliphatic rings. The van der Waals surface area contributed by atoms with Gasteiger partial charge in [-0.2, -0.15) is 0 Å². The molecule has 0 aromatic carbocycles. The Labute approximate surface area is 72.7 Å². The SMILES string of the molecule is CC1CCCC12OCC(CO)O2. The van der Waals surface area contributed by atoms with Gasteiger partial charge in [-0.3, -0.25) is 0 Å². The zero-order chi connectivity index (χ0) is 8.60. The Balaban J connectivity index is 2.04. The Hall–Kier alpha value is -0.120. The zero-order valence-corrected chi connectivity index (χ0v) is 7.45. The first-order chi connectivity index (χ1) is 5.77. The van der Waals surface area contributed by atoms with Crippen LogP contribution < -0.4 is 0 Å². The maximum atomic E-state index is 8.89. The van der Waals surface area contributed by atoms with Gasteiger partial charge in [0, 0.05) is 12.3 Å². The maximum Gasteiger partial charge on any atom is 0.171 e. The minimum absolute atomic E-state index is 0.0778. The van der Waals surface area contributed by atoms with Crippen LogP contribution in [0.2, 0.25) is 0 Å². The quantitative estimate of drug-likeness (QED) is 0.639. The number of rotatable bonds is 1. The lowest BCUT2D eigenvalue weighted by atomic mass is 10.1. The summed E-state index contributed by atoms with van der Waals surface area (Å²) < 4.78 is 11.3. The van der Waals surface area contributed by atoms with Crippen molar-refractivity contribution in [2.75, 3.05) is 13.2 Å². The Kier molecular flexibility index (Phi) is 2.10. The van der Waals surface area contributed by atoms with Crippen molar-refractivity contribution in [1.82, 2.24) is 0 Å². The topological polar surface area (TPSA) is 38.7 Å². The van der Waals surface area contributed by atoms with Crippen molar-refractivity contribution in [3.63, 3.8) is 0 Å². The molecule has 0 aromatic rings. The van der Waals surface area contributed by atoms with Gasteiger partial charge in [0.15, 0.2) is 5.79 Å². The molecular formula is C9H16O3. The second kappa shape index (κ2) is 2.98. The van der Waals surface area contributed by atoms with Crippen molar-refractivity contribution in [1.29, 1.82) is 0 Å². The molecule has 3 heteroatoms. The van der Waals surface area contributed by atoms with Gasteiger partial charge in [0.05, 0.1) is 13.2 Å². The number of hydrogen-bond acceptors (Lipinski definition) is 3. The van der Waals surface area contributed by atoms with Gasteiger partial charge in [0.1, 0.15) is 6.10 Å². The van der Waals surface area contributed by atoms with Crippen LogP contribution in [0, 0.1) is 5.92 Å². The van der Waals surface area contributed by atoms with Crippen molar-refractivity contribution in [2.24, 2.45) is 5.92 Å². The second-order valence-corrected chi connectivity index (χ2v) is 3.84. The van der Waals surface area contributed by atoms with Crippen LogP contribution in [0.25, 0.3) is 0 Å². The molecule has 1 spiro atoms. The van der Waals surface area contributed by atoms with Gasteiger partial charge in [-0.05, 0) is 12.8 Å². The fraction of sp³-hybridized carbons (Fsp3) is 1.00. The van der Waals surface area contributed by atoms with E-state index in [-0.39, 0.29) is 18.5 Å². The molecule has 3 unspecified atom stereocenters. The molecule has 2 fully saturated rings. The molecule has 3 atom stereocenters. The van der Waals surface area contributed by atoms with E-state index in [9.17, 15) is 0 Å². The van der Waals surface area contributed by atoms with Crippen LogP contribution in [-0.2, 0) is 9.47 Å². The smallest absolute Gasteiger partial charge is 0.171 e. The number of ether oxygens (including phenoxy) is 2. The van der Waals surface area contributed by atoms with Crippen LogP contribution in [0.4, 0.5) is 0 Å². The summed E-state index contributed by atoms with van der Waals surface area (Å²) in [5, 5.41) is 8.89. The van der Waals surface area contributed by atoms with Crippen LogP contribution in [0.3, 0.4) is 0 Å². The van der Waals surface area contributed by atoms with E-state index in [1.807, 2.05) is 0 Å². The highest BCUT2D eigenvalue weighted by atomic mass is 16.7. The van der Waals surface area contributed by atoms with Crippen LogP contribution in [0.5, 0.6) is 0 Å². The molecular weight excluding hydrogens is 156 g/mol. The molecule has 3 nitrogen and oxygen atoms in total. The lowest BCUT2D eigenvalue weighted by molar-refractivity contribution is -0.190. The van der Waals surface area contributed by atoms with Crippen molar-refractivity contribution >= 4 is 0 Å². The van der Waals surface area contributed by atoms with Gasteiger partial charge in [-0.15, -0.1) is 0 Å². The summed E-state index contributed by atoms with van der Waals surface area (Å²) in [5.74, 6) is 0.141. The molecule has 12 heavy (non-hydrogen) atoms. The van der Waals surface area contributed by atoms with E-state index in [4.69, 9.17) is 14.6 Å². The Morgan fingerprint density at radius 3 is 2.92 bits per heavy atom. The minimum atomic E-state index is -0.340. The van der Waals surface area contributed by atoms with Crippen LogP contribution in [-0.4, -0.2) is 30.2 Å². The summed E-state index contributed by atoms with van der Waals surface area (Å²) in [6.07, 6.45) is 3.26. The summed E-state index contributed by atoms with van der Waals surface area (Å²) in [6.45, 7) is 2.79. The molecule has 0 radical (unpaired) electrons. The van der Waals surface area contributed by atoms with Gasteiger partial charge in [-0.25, -0.2) is 0 Å². The highest BCUT2D eigenvalue weighted by molar-refractivity contribution is 4.88. The highest BCUT2D eigenvalue weighted by Gasteiger charge is 2.48. The molecule has 1 heterocycles. The van der Waals surface area contributed by atoms with Crippen LogP contribution in [0.1, 0.15) is 26.2 Å². The molecule has 0 amide bonds. The average Bonchev–Trinajstić information content (AvgIpc) is 2.63. The molecule has 0 aromatic heterocycles. The largest absolute Gasteiger partial charge is 0.394 e. The molecule has 1 saturated carbocycles. The minimum Gasteiger partial charge on any atom is -0.394 e.